The van der Waals surface area contributed by atoms with Gasteiger partial charge in [-0.3, -0.25) is 4.79 Å². The highest BCUT2D eigenvalue weighted by Crippen LogP contribution is 2.72. The van der Waals surface area contributed by atoms with E-state index >= 15 is 4.39 Å². The standard InChI is InChI=1S/C29H32ClFO7/c1-15-10-19-20-13-22(31)21-12-18(33)8-9-26(21,2)28(20,30)23(34)14-27(19,3)29(15,25(36)37-4)38-24(35)16-6-5-7-17(32)11-16/h5-9,11-12,15,19-20,22-23,32,34H,10,13-14H2,1-4H3/t15-,19?,20?,22+,23+,26+,27+,28+,29+/m1/s1. The van der Waals surface area contributed by atoms with E-state index in [9.17, 15) is 24.6 Å². The Bertz CT molecular complexity index is 1280. The fourth-order valence-electron chi connectivity index (χ4n) is 8.21. The monoisotopic (exact) mass is 546 g/mol. The second-order valence-electron chi connectivity index (χ2n) is 11.7. The Labute approximate surface area is 225 Å². The third-order valence-electron chi connectivity index (χ3n) is 9.99. The fourth-order valence-corrected chi connectivity index (χ4v) is 8.70. The van der Waals surface area contributed by atoms with Gasteiger partial charge in [-0.1, -0.05) is 32.9 Å². The summed E-state index contributed by atoms with van der Waals surface area (Å²) in [4.78, 5) is 37.7. The van der Waals surface area contributed by atoms with Gasteiger partial charge in [0.2, 0.25) is 5.60 Å². The van der Waals surface area contributed by atoms with Crippen LogP contribution in [0.2, 0.25) is 0 Å². The van der Waals surface area contributed by atoms with Gasteiger partial charge >= 0.3 is 11.9 Å². The Balaban J connectivity index is 1.63. The molecule has 204 valence electrons. The molecule has 0 aliphatic heterocycles. The van der Waals surface area contributed by atoms with E-state index in [-0.39, 0.29) is 35.5 Å². The largest absolute Gasteiger partial charge is 0.508 e. The average Bonchev–Trinajstić information content (AvgIpc) is 3.08. The number of fused-ring (bicyclic) bond motifs is 5. The minimum absolute atomic E-state index is 0.0218. The quantitative estimate of drug-likeness (QED) is 0.430. The lowest BCUT2D eigenvalue weighted by Crippen LogP contribution is -2.70. The number of aromatic hydroxyl groups is 1. The molecule has 5 rings (SSSR count). The van der Waals surface area contributed by atoms with Crippen molar-refractivity contribution in [1.82, 2.24) is 0 Å². The summed E-state index contributed by atoms with van der Waals surface area (Å²) in [6.07, 6.45) is 1.82. The Hall–Kier alpha value is -2.71. The van der Waals surface area contributed by atoms with Crippen molar-refractivity contribution in [3.63, 3.8) is 0 Å². The van der Waals surface area contributed by atoms with Crippen molar-refractivity contribution in [1.29, 1.82) is 0 Å². The Kier molecular flexibility index (Phi) is 6.12. The number of ketones is 1. The van der Waals surface area contributed by atoms with Gasteiger partial charge < -0.3 is 19.7 Å². The first-order valence-electron chi connectivity index (χ1n) is 12.8. The smallest absolute Gasteiger partial charge is 0.351 e. The zero-order chi connectivity index (χ0) is 27.8. The van der Waals surface area contributed by atoms with Crippen molar-refractivity contribution in [3.8, 4) is 5.75 Å². The predicted molar refractivity (Wildman–Crippen MR) is 136 cm³/mol. The second-order valence-corrected chi connectivity index (χ2v) is 12.3. The Morgan fingerprint density at radius 1 is 1.18 bits per heavy atom. The van der Waals surface area contributed by atoms with Crippen LogP contribution in [-0.4, -0.2) is 57.8 Å². The van der Waals surface area contributed by atoms with Crippen LogP contribution in [0.1, 0.15) is 50.4 Å². The summed E-state index contributed by atoms with van der Waals surface area (Å²) in [5.74, 6) is -3.63. The molecule has 0 heterocycles. The molecule has 3 fully saturated rings. The molecule has 1 aromatic rings. The first-order valence-corrected chi connectivity index (χ1v) is 13.2. The molecule has 0 radical (unpaired) electrons. The third-order valence-corrected chi connectivity index (χ3v) is 10.9. The highest BCUT2D eigenvalue weighted by atomic mass is 35.5. The van der Waals surface area contributed by atoms with E-state index in [0.29, 0.717) is 6.42 Å². The SMILES string of the molecule is COC(=O)[C@@]1(OC(=O)c2cccc(O)c2)[C@H](C)CC2C3C[C@H](F)C4=CC(=O)C=C[C@]4(C)[C@@]3(Cl)[C@@H](O)C[C@@]21C. The van der Waals surface area contributed by atoms with Gasteiger partial charge in [0, 0.05) is 16.7 Å². The van der Waals surface area contributed by atoms with E-state index in [1.165, 1.54) is 43.5 Å². The van der Waals surface area contributed by atoms with Crippen molar-refractivity contribution < 1.29 is 38.5 Å². The lowest BCUT2D eigenvalue weighted by molar-refractivity contribution is -0.199. The van der Waals surface area contributed by atoms with Crippen LogP contribution < -0.4 is 0 Å². The zero-order valence-electron chi connectivity index (χ0n) is 21.7. The summed E-state index contributed by atoms with van der Waals surface area (Å²) in [5.41, 5.74) is -3.78. The van der Waals surface area contributed by atoms with Crippen LogP contribution in [0, 0.1) is 28.6 Å². The number of allylic oxidation sites excluding steroid dienone is 4. The van der Waals surface area contributed by atoms with Gasteiger partial charge in [-0.25, -0.2) is 14.0 Å². The lowest BCUT2D eigenvalue weighted by Gasteiger charge is -2.64. The number of carbonyl (C=O) groups excluding carboxylic acids is 3. The van der Waals surface area contributed by atoms with E-state index in [0.717, 1.165) is 0 Å². The number of hydrogen-bond acceptors (Lipinski definition) is 7. The van der Waals surface area contributed by atoms with Gasteiger partial charge in [0.1, 0.15) is 11.9 Å². The van der Waals surface area contributed by atoms with Crippen LogP contribution in [0.3, 0.4) is 0 Å². The number of ether oxygens (including phenoxy) is 2. The van der Waals surface area contributed by atoms with Gasteiger partial charge in [0.15, 0.2) is 5.78 Å². The molecular weight excluding hydrogens is 515 g/mol. The Morgan fingerprint density at radius 3 is 2.55 bits per heavy atom. The van der Waals surface area contributed by atoms with E-state index in [2.05, 4.69) is 0 Å². The number of aliphatic hydroxyl groups excluding tert-OH is 1. The Morgan fingerprint density at radius 2 is 1.89 bits per heavy atom. The molecular formula is C29H32ClFO7. The number of alkyl halides is 2. The van der Waals surface area contributed by atoms with Crippen LogP contribution in [-0.2, 0) is 19.1 Å². The maximum absolute atomic E-state index is 15.8. The normalized spacial score (nSPS) is 43.4. The minimum Gasteiger partial charge on any atom is -0.508 e. The highest BCUT2D eigenvalue weighted by Gasteiger charge is 2.78. The topological polar surface area (TPSA) is 110 Å². The highest BCUT2D eigenvalue weighted by molar-refractivity contribution is 6.26. The van der Waals surface area contributed by atoms with Gasteiger partial charge in [0.05, 0.1) is 23.7 Å². The average molecular weight is 547 g/mol. The summed E-state index contributed by atoms with van der Waals surface area (Å²) >= 11 is 7.39. The number of methoxy groups -OCH3 is 1. The van der Waals surface area contributed by atoms with Crippen LogP contribution in [0.5, 0.6) is 5.75 Å². The summed E-state index contributed by atoms with van der Waals surface area (Å²) in [5, 5.41) is 21.6. The second kappa shape index (κ2) is 8.65. The van der Waals surface area contributed by atoms with Gasteiger partial charge in [-0.05, 0) is 67.0 Å². The molecule has 3 saturated carbocycles. The lowest BCUT2D eigenvalue weighted by atomic mass is 9.45. The van der Waals surface area contributed by atoms with Gasteiger partial charge in [0.25, 0.3) is 0 Å². The maximum atomic E-state index is 15.8. The fraction of sp³-hybridized carbons (Fsp3) is 0.552. The third kappa shape index (κ3) is 3.25. The zero-order valence-corrected chi connectivity index (χ0v) is 22.5. The summed E-state index contributed by atoms with van der Waals surface area (Å²) in [6.45, 7) is 5.29. The predicted octanol–water partition coefficient (Wildman–Crippen LogP) is 4.29. The van der Waals surface area contributed by atoms with Gasteiger partial charge in [-0.2, -0.15) is 0 Å². The van der Waals surface area contributed by atoms with Crippen molar-refractivity contribution in [2.45, 2.75) is 62.8 Å². The number of rotatable bonds is 3. The molecule has 38 heavy (non-hydrogen) atoms. The number of halogens is 2. The van der Waals surface area contributed by atoms with Gasteiger partial charge in [-0.15, -0.1) is 11.6 Å². The molecule has 0 bridgehead atoms. The van der Waals surface area contributed by atoms with Crippen LogP contribution >= 0.6 is 11.6 Å². The van der Waals surface area contributed by atoms with Crippen LogP contribution in [0.15, 0.2) is 48.1 Å². The summed E-state index contributed by atoms with van der Waals surface area (Å²) in [7, 11) is 1.21. The number of benzene rings is 1. The molecule has 2 N–H and O–H groups in total. The van der Waals surface area contributed by atoms with E-state index in [1.54, 1.807) is 26.8 Å². The molecule has 1 aromatic carbocycles. The number of phenols is 1. The first kappa shape index (κ1) is 26.9. The number of phenolic OH excluding ortho intramolecular Hbond substituents is 1. The van der Waals surface area contributed by atoms with Crippen LogP contribution in [0.4, 0.5) is 4.39 Å². The molecule has 4 aliphatic carbocycles. The molecule has 9 atom stereocenters. The van der Waals surface area contributed by atoms with Crippen LogP contribution in [0.25, 0.3) is 0 Å². The molecule has 0 spiro atoms. The molecule has 7 nitrogen and oxygen atoms in total. The van der Waals surface area contributed by atoms with Crippen molar-refractivity contribution in [3.05, 3.63) is 53.6 Å². The number of esters is 2. The molecule has 2 unspecified atom stereocenters. The maximum Gasteiger partial charge on any atom is 0.351 e. The van der Waals surface area contributed by atoms with Crippen molar-refractivity contribution in [2.24, 2.45) is 28.6 Å². The summed E-state index contributed by atoms with van der Waals surface area (Å²) < 4.78 is 27.1. The molecule has 0 saturated heterocycles. The summed E-state index contributed by atoms with van der Waals surface area (Å²) in [6, 6.07) is 5.61. The molecule has 0 aromatic heterocycles. The van der Waals surface area contributed by atoms with E-state index < -0.39 is 63.3 Å². The number of hydrogen-bond donors (Lipinski definition) is 2. The minimum atomic E-state index is -1.80. The van der Waals surface area contributed by atoms with Crippen molar-refractivity contribution in [2.75, 3.05) is 7.11 Å². The van der Waals surface area contributed by atoms with E-state index in [1.807, 2.05) is 0 Å². The van der Waals surface area contributed by atoms with E-state index in [4.69, 9.17) is 21.1 Å². The molecule has 4 aliphatic rings. The van der Waals surface area contributed by atoms with Crippen molar-refractivity contribution >= 4 is 29.3 Å². The molecule has 0 amide bonds. The number of carbonyl (C=O) groups is 3. The molecule has 9 heteroatoms. The number of aliphatic hydroxyl groups is 1. The first-order chi connectivity index (χ1) is 17.8.